The van der Waals surface area contributed by atoms with Crippen molar-refractivity contribution in [1.29, 1.82) is 0 Å². The second kappa shape index (κ2) is 5.42. The summed E-state index contributed by atoms with van der Waals surface area (Å²) in [5.74, 6) is 1.06. The van der Waals surface area contributed by atoms with Crippen molar-refractivity contribution in [3.05, 3.63) is 65.2 Å². The molecule has 0 heterocycles. The zero-order valence-electron chi connectivity index (χ0n) is 9.19. The van der Waals surface area contributed by atoms with E-state index in [1.807, 2.05) is 18.2 Å². The first kappa shape index (κ1) is 11.6. The summed E-state index contributed by atoms with van der Waals surface area (Å²) in [4.78, 5) is 1.41. The second-order valence-corrected chi connectivity index (χ2v) is 6.20. The standard InChI is InChI=1S/C14H14ClS/c1-16(14-8-3-2-4-9-14)11-12-6-5-7-13(15)10-12/h2-10H,11H2,1H3/q+1. The molecule has 0 fully saturated rings. The van der Waals surface area contributed by atoms with Crippen LogP contribution in [0.25, 0.3) is 0 Å². The Balaban J connectivity index is 2.11. The maximum atomic E-state index is 5.98. The summed E-state index contributed by atoms with van der Waals surface area (Å²) in [5, 5.41) is 0.822. The van der Waals surface area contributed by atoms with Crippen LogP contribution in [0.15, 0.2) is 59.5 Å². The van der Waals surface area contributed by atoms with Gasteiger partial charge >= 0.3 is 0 Å². The summed E-state index contributed by atoms with van der Waals surface area (Å²) >= 11 is 5.98. The van der Waals surface area contributed by atoms with Crippen molar-refractivity contribution in [2.45, 2.75) is 10.6 Å². The van der Waals surface area contributed by atoms with Gasteiger partial charge in [-0.25, -0.2) is 0 Å². The van der Waals surface area contributed by atoms with Crippen LogP contribution in [0.1, 0.15) is 5.56 Å². The SMILES string of the molecule is C[S+](Cc1cccc(Cl)c1)c1ccccc1. The molecule has 0 N–H and O–H groups in total. The number of hydrogen-bond donors (Lipinski definition) is 0. The van der Waals surface area contributed by atoms with Gasteiger partial charge in [-0.1, -0.05) is 41.9 Å². The largest absolute Gasteiger partial charge is 0.154 e. The number of hydrogen-bond acceptors (Lipinski definition) is 0. The Hall–Kier alpha value is -0.920. The fourth-order valence-corrected chi connectivity index (χ4v) is 3.29. The van der Waals surface area contributed by atoms with E-state index in [1.54, 1.807) is 0 Å². The molecule has 0 nitrogen and oxygen atoms in total. The van der Waals surface area contributed by atoms with Crippen molar-refractivity contribution in [1.82, 2.24) is 0 Å². The van der Waals surface area contributed by atoms with Crippen molar-refractivity contribution >= 4 is 22.5 Å². The summed E-state index contributed by atoms with van der Waals surface area (Å²) in [7, 11) is 0.249. The van der Waals surface area contributed by atoms with Crippen molar-refractivity contribution in [2.75, 3.05) is 6.26 Å². The lowest BCUT2D eigenvalue weighted by Gasteiger charge is -2.03. The van der Waals surface area contributed by atoms with Crippen molar-refractivity contribution in [2.24, 2.45) is 0 Å². The third-order valence-electron chi connectivity index (χ3n) is 2.42. The van der Waals surface area contributed by atoms with E-state index >= 15 is 0 Å². The van der Waals surface area contributed by atoms with Crippen LogP contribution in [0.2, 0.25) is 5.02 Å². The average Bonchev–Trinajstić information content (AvgIpc) is 2.30. The van der Waals surface area contributed by atoms with Gasteiger partial charge in [-0.15, -0.1) is 0 Å². The Morgan fingerprint density at radius 1 is 1.00 bits per heavy atom. The zero-order chi connectivity index (χ0) is 11.4. The van der Waals surface area contributed by atoms with Crippen LogP contribution >= 0.6 is 11.6 Å². The van der Waals surface area contributed by atoms with E-state index in [1.165, 1.54) is 10.5 Å². The number of benzene rings is 2. The minimum Gasteiger partial charge on any atom is -0.0843 e. The van der Waals surface area contributed by atoms with Crippen LogP contribution in [-0.2, 0) is 16.6 Å². The van der Waals surface area contributed by atoms with Crippen LogP contribution in [-0.4, -0.2) is 6.26 Å². The van der Waals surface area contributed by atoms with Crippen LogP contribution in [0.3, 0.4) is 0 Å². The highest BCUT2D eigenvalue weighted by molar-refractivity contribution is 7.95. The smallest absolute Gasteiger partial charge is 0.0843 e. The summed E-state index contributed by atoms with van der Waals surface area (Å²) in [6.07, 6.45) is 2.27. The number of halogens is 1. The molecule has 0 bridgehead atoms. The minimum absolute atomic E-state index is 0.249. The highest BCUT2D eigenvalue weighted by Crippen LogP contribution is 2.18. The zero-order valence-corrected chi connectivity index (χ0v) is 10.8. The van der Waals surface area contributed by atoms with Crippen LogP contribution in [0, 0.1) is 0 Å². The lowest BCUT2D eigenvalue weighted by Crippen LogP contribution is -2.03. The highest BCUT2D eigenvalue weighted by Gasteiger charge is 2.15. The van der Waals surface area contributed by atoms with Gasteiger partial charge in [0.2, 0.25) is 0 Å². The molecule has 0 aliphatic rings. The van der Waals surface area contributed by atoms with Gasteiger partial charge in [0.1, 0.15) is 12.0 Å². The molecule has 0 amide bonds. The number of rotatable bonds is 3. The highest BCUT2D eigenvalue weighted by atomic mass is 35.5. The first-order valence-corrected chi connectivity index (χ1v) is 7.36. The molecule has 2 rings (SSSR count). The Morgan fingerprint density at radius 3 is 2.44 bits per heavy atom. The first-order valence-electron chi connectivity index (χ1n) is 5.18. The van der Waals surface area contributed by atoms with Gasteiger partial charge in [0, 0.05) is 21.5 Å². The molecule has 0 aromatic heterocycles. The van der Waals surface area contributed by atoms with E-state index in [4.69, 9.17) is 11.6 Å². The molecule has 0 saturated carbocycles. The fraction of sp³-hybridized carbons (Fsp3) is 0.143. The van der Waals surface area contributed by atoms with Gasteiger partial charge in [0.25, 0.3) is 0 Å². The Bertz CT molecular complexity index is 453. The summed E-state index contributed by atoms with van der Waals surface area (Å²) in [6.45, 7) is 0. The first-order chi connectivity index (χ1) is 7.75. The van der Waals surface area contributed by atoms with Gasteiger partial charge in [0.15, 0.2) is 4.90 Å². The van der Waals surface area contributed by atoms with E-state index in [-0.39, 0.29) is 10.9 Å². The molecule has 2 aromatic carbocycles. The second-order valence-electron chi connectivity index (χ2n) is 3.72. The fourth-order valence-electron chi connectivity index (χ4n) is 1.61. The maximum Gasteiger partial charge on any atom is 0.154 e. The molecule has 82 valence electrons. The predicted octanol–water partition coefficient (Wildman–Crippen LogP) is 4.15. The summed E-state index contributed by atoms with van der Waals surface area (Å²) in [5.41, 5.74) is 1.31. The molecule has 0 radical (unpaired) electrons. The predicted molar refractivity (Wildman–Crippen MR) is 73.2 cm³/mol. The Kier molecular flexibility index (Phi) is 3.92. The van der Waals surface area contributed by atoms with Crippen LogP contribution < -0.4 is 0 Å². The molecule has 1 unspecified atom stereocenters. The Labute approximate surface area is 105 Å². The van der Waals surface area contributed by atoms with Gasteiger partial charge in [-0.2, -0.15) is 0 Å². The topological polar surface area (TPSA) is 0 Å². The van der Waals surface area contributed by atoms with Crippen molar-refractivity contribution in [3.8, 4) is 0 Å². The van der Waals surface area contributed by atoms with E-state index in [0.29, 0.717) is 0 Å². The molecule has 1 atom stereocenters. The third-order valence-corrected chi connectivity index (χ3v) is 4.50. The van der Waals surface area contributed by atoms with Crippen molar-refractivity contribution < 1.29 is 0 Å². The molecule has 0 aliphatic heterocycles. The quantitative estimate of drug-likeness (QED) is 0.717. The molecule has 0 saturated heterocycles. The minimum atomic E-state index is 0.249. The average molecular weight is 250 g/mol. The molecule has 0 spiro atoms. The van der Waals surface area contributed by atoms with Gasteiger partial charge in [-0.3, -0.25) is 0 Å². The molecule has 16 heavy (non-hydrogen) atoms. The normalized spacial score (nSPS) is 12.4. The van der Waals surface area contributed by atoms with Gasteiger partial charge in [-0.05, 0) is 24.3 Å². The monoisotopic (exact) mass is 249 g/mol. The van der Waals surface area contributed by atoms with E-state index in [0.717, 1.165) is 10.8 Å². The van der Waals surface area contributed by atoms with Gasteiger partial charge < -0.3 is 0 Å². The Morgan fingerprint density at radius 2 is 1.75 bits per heavy atom. The molecule has 2 aromatic rings. The molecule has 0 aliphatic carbocycles. The van der Waals surface area contributed by atoms with Crippen LogP contribution in [0.4, 0.5) is 0 Å². The maximum absolute atomic E-state index is 5.98. The van der Waals surface area contributed by atoms with Crippen LogP contribution in [0.5, 0.6) is 0 Å². The third kappa shape index (κ3) is 3.03. The van der Waals surface area contributed by atoms with E-state index < -0.39 is 0 Å². The summed E-state index contributed by atoms with van der Waals surface area (Å²) < 4.78 is 0. The molecule has 2 heteroatoms. The molecular weight excluding hydrogens is 236 g/mol. The van der Waals surface area contributed by atoms with E-state index in [2.05, 4.69) is 42.7 Å². The van der Waals surface area contributed by atoms with Crippen molar-refractivity contribution in [3.63, 3.8) is 0 Å². The lowest BCUT2D eigenvalue weighted by molar-refractivity contribution is 1.36. The lowest BCUT2D eigenvalue weighted by atomic mass is 10.2. The molecular formula is C14H14ClS+. The van der Waals surface area contributed by atoms with E-state index in [9.17, 15) is 0 Å². The van der Waals surface area contributed by atoms with Gasteiger partial charge in [0.05, 0.1) is 0 Å². The summed E-state index contributed by atoms with van der Waals surface area (Å²) in [6, 6.07) is 18.7.